The summed E-state index contributed by atoms with van der Waals surface area (Å²) in [5, 5.41) is 2.22. The monoisotopic (exact) mass is 363 g/mol. The average molecular weight is 363 g/mol. The van der Waals surface area contributed by atoms with Crippen molar-refractivity contribution in [1.82, 2.24) is 4.90 Å². The van der Waals surface area contributed by atoms with Crippen LogP contribution in [0.1, 0.15) is 27.4 Å². The van der Waals surface area contributed by atoms with Crippen LogP contribution in [0.15, 0.2) is 59.0 Å². The van der Waals surface area contributed by atoms with Crippen molar-refractivity contribution in [2.24, 2.45) is 0 Å². The van der Waals surface area contributed by atoms with Gasteiger partial charge in [0.1, 0.15) is 17.1 Å². The number of methoxy groups -OCH3 is 1. The van der Waals surface area contributed by atoms with Gasteiger partial charge in [0.2, 0.25) is 5.91 Å². The molecular formula is C22H21NO4. The molecule has 1 amide bonds. The van der Waals surface area contributed by atoms with Crippen LogP contribution < -0.4 is 0 Å². The Labute approximate surface area is 157 Å². The number of carbonyl (C=O) groups excluding carboxylic acids is 2. The molecule has 0 N–H and O–H groups in total. The fraction of sp³-hybridized carbons (Fsp3) is 0.182. The highest BCUT2D eigenvalue weighted by Crippen LogP contribution is 2.20. The summed E-state index contributed by atoms with van der Waals surface area (Å²) in [4.78, 5) is 25.6. The average Bonchev–Trinajstić information content (AvgIpc) is 3.05. The van der Waals surface area contributed by atoms with Gasteiger partial charge in [-0.3, -0.25) is 4.79 Å². The summed E-state index contributed by atoms with van der Waals surface area (Å²) in [5.74, 6) is 0.398. The summed E-state index contributed by atoms with van der Waals surface area (Å²) in [5.41, 5.74) is 1.36. The van der Waals surface area contributed by atoms with Gasteiger partial charge >= 0.3 is 5.97 Å². The summed E-state index contributed by atoms with van der Waals surface area (Å²) < 4.78 is 10.3. The Hall–Kier alpha value is -3.34. The molecule has 0 fully saturated rings. The van der Waals surface area contributed by atoms with Crippen molar-refractivity contribution >= 4 is 28.7 Å². The number of hydrogen-bond acceptors (Lipinski definition) is 4. The minimum Gasteiger partial charge on any atom is -0.465 e. The van der Waals surface area contributed by atoms with E-state index < -0.39 is 5.97 Å². The summed E-state index contributed by atoms with van der Waals surface area (Å²) in [6.07, 6.45) is 3.35. The first-order chi connectivity index (χ1) is 13.0. The zero-order valence-corrected chi connectivity index (χ0v) is 15.6. The molecule has 0 aliphatic rings. The third kappa shape index (κ3) is 4.08. The standard InChI is InChI=1S/C22H21NO4/c1-15-20(22(25)26-3)13-18(27-15)14-23(2)21(24)12-11-17-9-6-8-16-7-4-5-10-19(16)17/h4-13H,14H2,1-3H3/b12-11+. The van der Waals surface area contributed by atoms with Crippen LogP contribution >= 0.6 is 0 Å². The first-order valence-corrected chi connectivity index (χ1v) is 8.58. The lowest BCUT2D eigenvalue weighted by Gasteiger charge is -2.13. The van der Waals surface area contributed by atoms with Crippen molar-refractivity contribution in [2.45, 2.75) is 13.5 Å². The van der Waals surface area contributed by atoms with Crippen molar-refractivity contribution in [3.05, 3.63) is 77.3 Å². The number of likely N-dealkylation sites (N-methyl/N-ethyl adjacent to an activating group) is 1. The van der Waals surface area contributed by atoms with E-state index in [1.54, 1.807) is 26.1 Å². The quantitative estimate of drug-likeness (QED) is 0.503. The van der Waals surface area contributed by atoms with E-state index in [9.17, 15) is 9.59 Å². The van der Waals surface area contributed by atoms with Gasteiger partial charge in [-0.1, -0.05) is 42.5 Å². The van der Waals surface area contributed by atoms with Crippen LogP contribution in [0, 0.1) is 6.92 Å². The molecule has 5 heteroatoms. The molecule has 138 valence electrons. The molecule has 3 aromatic rings. The number of aryl methyl sites for hydroxylation is 1. The summed E-state index contributed by atoms with van der Waals surface area (Å²) in [7, 11) is 3.01. The Morgan fingerprint density at radius 1 is 1.15 bits per heavy atom. The largest absolute Gasteiger partial charge is 0.465 e. The van der Waals surface area contributed by atoms with E-state index >= 15 is 0 Å². The Bertz CT molecular complexity index is 1010. The molecule has 1 heterocycles. The molecule has 0 radical (unpaired) electrons. The maximum Gasteiger partial charge on any atom is 0.341 e. The van der Waals surface area contributed by atoms with E-state index in [2.05, 4.69) is 0 Å². The molecule has 3 rings (SSSR count). The summed E-state index contributed by atoms with van der Waals surface area (Å²) in [6, 6.07) is 15.6. The normalized spacial score (nSPS) is 11.1. The van der Waals surface area contributed by atoms with Gasteiger partial charge in [-0.25, -0.2) is 4.79 Å². The number of amides is 1. The molecule has 0 aliphatic heterocycles. The number of carbonyl (C=O) groups is 2. The predicted octanol–water partition coefficient (Wildman–Crippen LogP) is 4.20. The lowest BCUT2D eigenvalue weighted by molar-refractivity contribution is -0.125. The molecule has 0 atom stereocenters. The fourth-order valence-electron chi connectivity index (χ4n) is 2.93. The molecular weight excluding hydrogens is 342 g/mol. The van der Waals surface area contributed by atoms with E-state index in [-0.39, 0.29) is 12.5 Å². The van der Waals surface area contributed by atoms with Crippen molar-refractivity contribution in [3.8, 4) is 0 Å². The predicted molar refractivity (Wildman–Crippen MR) is 104 cm³/mol. The molecule has 0 saturated carbocycles. The van der Waals surface area contributed by atoms with Crippen molar-refractivity contribution in [2.75, 3.05) is 14.2 Å². The molecule has 0 bridgehead atoms. The van der Waals surface area contributed by atoms with Gasteiger partial charge in [0.25, 0.3) is 0 Å². The maximum absolute atomic E-state index is 12.4. The number of hydrogen-bond donors (Lipinski definition) is 0. The van der Waals surface area contributed by atoms with Crippen molar-refractivity contribution in [1.29, 1.82) is 0 Å². The first-order valence-electron chi connectivity index (χ1n) is 8.58. The van der Waals surface area contributed by atoms with Gasteiger partial charge < -0.3 is 14.1 Å². The van der Waals surface area contributed by atoms with E-state index in [1.165, 1.54) is 12.0 Å². The van der Waals surface area contributed by atoms with E-state index in [4.69, 9.17) is 9.15 Å². The topological polar surface area (TPSA) is 59.8 Å². The molecule has 0 saturated heterocycles. The summed E-state index contributed by atoms with van der Waals surface area (Å²) in [6.45, 7) is 1.95. The third-order valence-corrected chi connectivity index (χ3v) is 4.37. The second-order valence-corrected chi connectivity index (χ2v) is 6.27. The number of nitrogens with zero attached hydrogens (tertiary/aromatic N) is 1. The third-order valence-electron chi connectivity index (χ3n) is 4.37. The van der Waals surface area contributed by atoms with Gasteiger partial charge in [0, 0.05) is 13.1 Å². The van der Waals surface area contributed by atoms with Gasteiger partial charge in [0.15, 0.2) is 0 Å². The molecule has 0 spiro atoms. The second-order valence-electron chi connectivity index (χ2n) is 6.27. The smallest absolute Gasteiger partial charge is 0.341 e. The molecule has 0 unspecified atom stereocenters. The van der Waals surface area contributed by atoms with E-state index in [0.717, 1.165) is 16.3 Å². The first kappa shape index (κ1) is 18.5. The van der Waals surface area contributed by atoms with Crippen LogP contribution in [0.3, 0.4) is 0 Å². The molecule has 5 nitrogen and oxygen atoms in total. The van der Waals surface area contributed by atoms with Crippen molar-refractivity contribution in [3.63, 3.8) is 0 Å². The maximum atomic E-state index is 12.4. The number of fused-ring (bicyclic) bond motifs is 1. The molecule has 27 heavy (non-hydrogen) atoms. The number of ether oxygens (including phenoxy) is 1. The highest BCUT2D eigenvalue weighted by molar-refractivity contribution is 5.96. The Kier molecular flexibility index (Phi) is 5.41. The molecule has 2 aromatic carbocycles. The Morgan fingerprint density at radius 2 is 1.89 bits per heavy atom. The number of rotatable bonds is 5. The van der Waals surface area contributed by atoms with Crippen molar-refractivity contribution < 1.29 is 18.7 Å². The minimum absolute atomic E-state index is 0.156. The number of furan rings is 1. The molecule has 0 aliphatic carbocycles. The number of benzene rings is 2. The Balaban J connectivity index is 1.72. The lowest BCUT2D eigenvalue weighted by Crippen LogP contribution is -2.23. The second kappa shape index (κ2) is 7.91. The van der Waals surface area contributed by atoms with Crippen LogP contribution in [0.4, 0.5) is 0 Å². The van der Waals surface area contributed by atoms with Crippen LogP contribution in [0.25, 0.3) is 16.8 Å². The van der Waals surface area contributed by atoms with Crippen LogP contribution in [-0.2, 0) is 16.1 Å². The minimum atomic E-state index is -0.452. The van der Waals surface area contributed by atoms with Crippen LogP contribution in [0.5, 0.6) is 0 Å². The van der Waals surface area contributed by atoms with E-state index in [0.29, 0.717) is 17.1 Å². The lowest BCUT2D eigenvalue weighted by atomic mass is 10.0. The van der Waals surface area contributed by atoms with Crippen LogP contribution in [-0.4, -0.2) is 30.9 Å². The zero-order valence-electron chi connectivity index (χ0n) is 15.6. The zero-order chi connectivity index (χ0) is 19.4. The molecule has 1 aromatic heterocycles. The number of esters is 1. The highest BCUT2D eigenvalue weighted by atomic mass is 16.5. The Morgan fingerprint density at radius 3 is 2.67 bits per heavy atom. The SMILES string of the molecule is COC(=O)c1cc(CN(C)C(=O)/C=C/c2cccc3ccccc23)oc1C. The van der Waals surface area contributed by atoms with Gasteiger partial charge in [0.05, 0.1) is 13.7 Å². The van der Waals surface area contributed by atoms with Crippen LogP contribution in [0.2, 0.25) is 0 Å². The van der Waals surface area contributed by atoms with Gasteiger partial charge in [-0.2, -0.15) is 0 Å². The highest BCUT2D eigenvalue weighted by Gasteiger charge is 2.17. The van der Waals surface area contributed by atoms with Gasteiger partial charge in [-0.15, -0.1) is 0 Å². The van der Waals surface area contributed by atoms with E-state index in [1.807, 2.05) is 48.5 Å². The summed E-state index contributed by atoms with van der Waals surface area (Å²) >= 11 is 0. The fourth-order valence-corrected chi connectivity index (χ4v) is 2.93. The van der Waals surface area contributed by atoms with Gasteiger partial charge in [-0.05, 0) is 35.4 Å².